The van der Waals surface area contributed by atoms with Crippen LogP contribution in [0.2, 0.25) is 0 Å². The van der Waals surface area contributed by atoms with E-state index in [0.717, 1.165) is 29.7 Å². The number of nitrogens with one attached hydrogen (secondary N) is 1. The van der Waals surface area contributed by atoms with Crippen LogP contribution in [-0.2, 0) is 4.79 Å². The summed E-state index contributed by atoms with van der Waals surface area (Å²) in [4.78, 5) is 25.9. The molecule has 146 valence electrons. The number of nitrogens with zero attached hydrogens (tertiary/aromatic N) is 1. The van der Waals surface area contributed by atoms with Gasteiger partial charge in [0.1, 0.15) is 11.3 Å². The number of hydrogen-bond donors (Lipinski definition) is 1. The number of fused-ring (bicyclic) bond motifs is 1. The van der Waals surface area contributed by atoms with Crippen LogP contribution in [0.25, 0.3) is 11.0 Å². The molecule has 0 saturated carbocycles. The molecule has 1 heterocycles. The Hall–Kier alpha value is -3.28. The highest BCUT2D eigenvalue weighted by Gasteiger charge is 2.08. The van der Waals surface area contributed by atoms with Crippen LogP contribution in [0, 0.1) is 6.92 Å². The molecule has 0 unspecified atom stereocenters. The van der Waals surface area contributed by atoms with Gasteiger partial charge in [0.05, 0.1) is 0 Å². The van der Waals surface area contributed by atoms with Crippen LogP contribution in [0.1, 0.15) is 19.4 Å². The highest BCUT2D eigenvalue weighted by atomic mass is 16.5. The molecule has 0 saturated heterocycles. The number of anilines is 2. The predicted octanol–water partition coefficient (Wildman–Crippen LogP) is 3.97. The van der Waals surface area contributed by atoms with Crippen LogP contribution in [0.3, 0.4) is 0 Å². The summed E-state index contributed by atoms with van der Waals surface area (Å²) in [6.07, 6.45) is 0. The van der Waals surface area contributed by atoms with Crippen LogP contribution >= 0.6 is 0 Å². The standard InChI is InChI=1S/C22H24N2O4/c1-4-24(5-2)17-8-6-16(7-9-17)23-21(25)14-27-18-10-11-19-15(3)12-22(26)28-20(19)13-18/h6-13H,4-5,14H2,1-3H3,(H,23,25). The molecule has 0 aliphatic heterocycles. The number of carbonyl (C=O) groups is 1. The zero-order chi connectivity index (χ0) is 20.1. The summed E-state index contributed by atoms with van der Waals surface area (Å²) in [6.45, 7) is 7.78. The van der Waals surface area contributed by atoms with Crippen molar-refractivity contribution in [2.75, 3.05) is 29.9 Å². The van der Waals surface area contributed by atoms with Crippen molar-refractivity contribution in [2.45, 2.75) is 20.8 Å². The number of hydrogen-bond acceptors (Lipinski definition) is 5. The van der Waals surface area contributed by atoms with Crippen LogP contribution in [0.5, 0.6) is 5.75 Å². The molecule has 0 atom stereocenters. The molecule has 3 aromatic rings. The minimum atomic E-state index is -0.409. The summed E-state index contributed by atoms with van der Waals surface area (Å²) in [7, 11) is 0. The fraction of sp³-hybridized carbons (Fsp3) is 0.273. The summed E-state index contributed by atoms with van der Waals surface area (Å²) in [5.74, 6) is 0.203. The molecular formula is C22H24N2O4. The lowest BCUT2D eigenvalue weighted by atomic mass is 10.1. The average Bonchev–Trinajstić information content (AvgIpc) is 2.68. The van der Waals surface area contributed by atoms with Crippen LogP contribution in [-0.4, -0.2) is 25.6 Å². The third kappa shape index (κ3) is 4.52. The summed E-state index contributed by atoms with van der Waals surface area (Å²) in [5, 5.41) is 3.65. The molecule has 2 aromatic carbocycles. The van der Waals surface area contributed by atoms with Crippen molar-refractivity contribution >= 4 is 28.3 Å². The van der Waals surface area contributed by atoms with E-state index in [0.29, 0.717) is 17.0 Å². The van der Waals surface area contributed by atoms with Crippen LogP contribution in [0.4, 0.5) is 11.4 Å². The molecule has 0 aliphatic carbocycles. The third-order valence-electron chi connectivity index (χ3n) is 4.57. The maximum absolute atomic E-state index is 12.2. The fourth-order valence-corrected chi connectivity index (χ4v) is 3.09. The van der Waals surface area contributed by atoms with E-state index in [4.69, 9.17) is 9.15 Å². The Morgan fingerprint density at radius 3 is 2.46 bits per heavy atom. The molecule has 0 spiro atoms. The number of rotatable bonds is 7. The van der Waals surface area contributed by atoms with Gasteiger partial charge in [-0.2, -0.15) is 0 Å². The monoisotopic (exact) mass is 380 g/mol. The Labute approximate surface area is 163 Å². The number of carbonyl (C=O) groups excluding carboxylic acids is 1. The lowest BCUT2D eigenvalue weighted by Gasteiger charge is -2.21. The number of aryl methyl sites for hydroxylation is 1. The zero-order valence-corrected chi connectivity index (χ0v) is 16.3. The first-order valence-corrected chi connectivity index (χ1v) is 9.32. The van der Waals surface area contributed by atoms with E-state index in [1.807, 2.05) is 37.3 Å². The first-order chi connectivity index (χ1) is 13.5. The van der Waals surface area contributed by atoms with E-state index >= 15 is 0 Å². The summed E-state index contributed by atoms with van der Waals surface area (Å²) < 4.78 is 10.7. The SMILES string of the molecule is CCN(CC)c1ccc(NC(=O)COc2ccc3c(C)cc(=O)oc3c2)cc1. The highest BCUT2D eigenvalue weighted by Crippen LogP contribution is 2.22. The van der Waals surface area contributed by atoms with Gasteiger partial charge >= 0.3 is 5.63 Å². The largest absolute Gasteiger partial charge is 0.484 e. The summed E-state index contributed by atoms with van der Waals surface area (Å²) in [5.41, 5.74) is 2.70. The van der Waals surface area contributed by atoms with Gasteiger partial charge in [0, 0.05) is 42.0 Å². The second-order valence-corrected chi connectivity index (χ2v) is 6.46. The van der Waals surface area contributed by atoms with E-state index in [2.05, 4.69) is 24.1 Å². The Morgan fingerprint density at radius 2 is 1.79 bits per heavy atom. The Balaban J connectivity index is 1.61. The van der Waals surface area contributed by atoms with E-state index < -0.39 is 5.63 Å². The van der Waals surface area contributed by atoms with Gasteiger partial charge in [0.15, 0.2) is 6.61 Å². The van der Waals surface area contributed by atoms with Crippen LogP contribution in [0.15, 0.2) is 57.7 Å². The second-order valence-electron chi connectivity index (χ2n) is 6.46. The van der Waals surface area contributed by atoms with Gasteiger partial charge in [-0.3, -0.25) is 4.79 Å². The molecule has 3 rings (SSSR count). The molecule has 1 amide bonds. The number of amides is 1. The van der Waals surface area contributed by atoms with Crippen LogP contribution < -0.4 is 20.6 Å². The predicted molar refractivity (Wildman–Crippen MR) is 111 cm³/mol. The minimum absolute atomic E-state index is 0.140. The van der Waals surface area contributed by atoms with Gasteiger partial charge < -0.3 is 19.4 Å². The molecule has 1 N–H and O–H groups in total. The normalized spacial score (nSPS) is 10.7. The molecule has 0 radical (unpaired) electrons. The highest BCUT2D eigenvalue weighted by molar-refractivity contribution is 5.92. The van der Waals surface area contributed by atoms with Crippen molar-refractivity contribution in [1.82, 2.24) is 0 Å². The van der Waals surface area contributed by atoms with Crippen molar-refractivity contribution in [2.24, 2.45) is 0 Å². The van der Waals surface area contributed by atoms with Gasteiger partial charge in [-0.15, -0.1) is 0 Å². The molecule has 0 aliphatic rings. The van der Waals surface area contributed by atoms with E-state index in [1.54, 1.807) is 12.1 Å². The lowest BCUT2D eigenvalue weighted by Crippen LogP contribution is -2.22. The smallest absolute Gasteiger partial charge is 0.336 e. The molecule has 1 aromatic heterocycles. The fourth-order valence-electron chi connectivity index (χ4n) is 3.09. The van der Waals surface area contributed by atoms with Crippen molar-refractivity contribution < 1.29 is 13.9 Å². The minimum Gasteiger partial charge on any atom is -0.484 e. The molecule has 6 heteroatoms. The first kappa shape index (κ1) is 19.5. The maximum atomic E-state index is 12.2. The first-order valence-electron chi connectivity index (χ1n) is 9.32. The van der Waals surface area contributed by atoms with Gasteiger partial charge in [-0.05, 0) is 62.7 Å². The Kier molecular flexibility index (Phi) is 5.99. The maximum Gasteiger partial charge on any atom is 0.336 e. The lowest BCUT2D eigenvalue weighted by molar-refractivity contribution is -0.118. The van der Waals surface area contributed by atoms with Crippen molar-refractivity contribution in [3.05, 3.63) is 64.5 Å². The third-order valence-corrected chi connectivity index (χ3v) is 4.57. The zero-order valence-electron chi connectivity index (χ0n) is 16.3. The molecule has 6 nitrogen and oxygen atoms in total. The quantitative estimate of drug-likeness (QED) is 0.628. The second kappa shape index (κ2) is 8.61. The Morgan fingerprint density at radius 1 is 1.07 bits per heavy atom. The summed E-state index contributed by atoms with van der Waals surface area (Å²) in [6, 6.07) is 14.3. The van der Waals surface area contributed by atoms with Gasteiger partial charge in [0.2, 0.25) is 0 Å². The van der Waals surface area contributed by atoms with E-state index in [1.165, 1.54) is 6.07 Å². The average molecular weight is 380 g/mol. The Bertz CT molecular complexity index is 1020. The number of benzene rings is 2. The molecule has 28 heavy (non-hydrogen) atoms. The van der Waals surface area contributed by atoms with Gasteiger partial charge in [-0.1, -0.05) is 0 Å². The van der Waals surface area contributed by atoms with Gasteiger partial charge in [-0.25, -0.2) is 4.79 Å². The van der Waals surface area contributed by atoms with Crippen molar-refractivity contribution in [3.63, 3.8) is 0 Å². The van der Waals surface area contributed by atoms with E-state index in [9.17, 15) is 9.59 Å². The molecular weight excluding hydrogens is 356 g/mol. The summed E-state index contributed by atoms with van der Waals surface area (Å²) >= 11 is 0. The molecule has 0 bridgehead atoms. The van der Waals surface area contributed by atoms with Crippen molar-refractivity contribution in [1.29, 1.82) is 0 Å². The van der Waals surface area contributed by atoms with Crippen molar-refractivity contribution in [3.8, 4) is 5.75 Å². The molecule has 0 fully saturated rings. The number of ether oxygens (including phenoxy) is 1. The topological polar surface area (TPSA) is 71.8 Å². The van der Waals surface area contributed by atoms with Gasteiger partial charge in [0.25, 0.3) is 5.91 Å². The van der Waals surface area contributed by atoms with E-state index in [-0.39, 0.29) is 12.5 Å².